The standard InChI is InChI=1S/C14H22BrN/c1-4-6-9-12(5-2)16-13-10-7-8-11(3)14(13)15/h7-8,10,12,16H,4-6,9H2,1-3H3. The van der Waals surface area contributed by atoms with Crippen molar-refractivity contribution in [2.45, 2.75) is 52.5 Å². The van der Waals surface area contributed by atoms with Gasteiger partial charge < -0.3 is 5.32 Å². The second kappa shape index (κ2) is 6.95. The van der Waals surface area contributed by atoms with Gasteiger partial charge in [-0.1, -0.05) is 38.8 Å². The van der Waals surface area contributed by atoms with Crippen molar-refractivity contribution in [2.24, 2.45) is 0 Å². The molecule has 0 aliphatic carbocycles. The number of benzene rings is 1. The van der Waals surface area contributed by atoms with Gasteiger partial charge >= 0.3 is 0 Å². The molecular formula is C14H22BrN. The Labute approximate surface area is 108 Å². The van der Waals surface area contributed by atoms with E-state index in [-0.39, 0.29) is 0 Å². The van der Waals surface area contributed by atoms with Crippen LogP contribution < -0.4 is 5.32 Å². The van der Waals surface area contributed by atoms with Gasteiger partial charge in [-0.2, -0.15) is 0 Å². The molecule has 1 aromatic rings. The molecule has 0 radical (unpaired) electrons. The van der Waals surface area contributed by atoms with Crippen LogP contribution >= 0.6 is 15.9 Å². The van der Waals surface area contributed by atoms with Crippen LogP contribution in [-0.2, 0) is 0 Å². The smallest absolute Gasteiger partial charge is 0.0489 e. The summed E-state index contributed by atoms with van der Waals surface area (Å²) in [6.45, 7) is 6.62. The highest BCUT2D eigenvalue weighted by molar-refractivity contribution is 9.10. The lowest BCUT2D eigenvalue weighted by Crippen LogP contribution is -2.18. The van der Waals surface area contributed by atoms with Crippen LogP contribution in [0.4, 0.5) is 5.69 Å². The Morgan fingerprint density at radius 3 is 2.69 bits per heavy atom. The molecule has 0 saturated carbocycles. The summed E-state index contributed by atoms with van der Waals surface area (Å²) in [5.41, 5.74) is 2.51. The van der Waals surface area contributed by atoms with Gasteiger partial charge in [0.2, 0.25) is 0 Å². The predicted octanol–water partition coefficient (Wildman–Crippen LogP) is 5.14. The molecule has 1 unspecified atom stereocenters. The van der Waals surface area contributed by atoms with E-state index in [1.54, 1.807) is 0 Å². The first-order valence-corrected chi connectivity index (χ1v) is 7.00. The molecule has 1 atom stereocenters. The Morgan fingerprint density at radius 1 is 1.31 bits per heavy atom. The largest absolute Gasteiger partial charge is 0.381 e. The van der Waals surface area contributed by atoms with Crippen molar-refractivity contribution in [3.05, 3.63) is 28.2 Å². The summed E-state index contributed by atoms with van der Waals surface area (Å²) in [4.78, 5) is 0. The van der Waals surface area contributed by atoms with Crippen LogP contribution in [0.5, 0.6) is 0 Å². The number of aryl methyl sites for hydroxylation is 1. The minimum absolute atomic E-state index is 0.595. The highest BCUT2D eigenvalue weighted by atomic mass is 79.9. The van der Waals surface area contributed by atoms with E-state index < -0.39 is 0 Å². The van der Waals surface area contributed by atoms with Crippen molar-refractivity contribution in [3.63, 3.8) is 0 Å². The van der Waals surface area contributed by atoms with Crippen molar-refractivity contribution in [3.8, 4) is 0 Å². The SMILES string of the molecule is CCCCC(CC)Nc1cccc(C)c1Br. The molecule has 0 aliphatic rings. The molecule has 1 aromatic carbocycles. The highest BCUT2D eigenvalue weighted by Gasteiger charge is 2.08. The quantitative estimate of drug-likeness (QED) is 0.762. The maximum Gasteiger partial charge on any atom is 0.0489 e. The Balaban J connectivity index is 2.66. The molecule has 1 N–H and O–H groups in total. The summed E-state index contributed by atoms with van der Waals surface area (Å²) in [5, 5.41) is 3.63. The van der Waals surface area contributed by atoms with Crippen molar-refractivity contribution >= 4 is 21.6 Å². The molecule has 0 amide bonds. The number of halogens is 1. The fourth-order valence-corrected chi connectivity index (χ4v) is 2.19. The lowest BCUT2D eigenvalue weighted by atomic mass is 10.1. The Morgan fingerprint density at radius 2 is 2.06 bits per heavy atom. The van der Waals surface area contributed by atoms with E-state index in [0.717, 1.165) is 0 Å². The van der Waals surface area contributed by atoms with Gasteiger partial charge in [0.05, 0.1) is 0 Å². The highest BCUT2D eigenvalue weighted by Crippen LogP contribution is 2.27. The van der Waals surface area contributed by atoms with E-state index >= 15 is 0 Å². The number of nitrogens with one attached hydrogen (secondary N) is 1. The van der Waals surface area contributed by atoms with Crippen LogP contribution in [-0.4, -0.2) is 6.04 Å². The van der Waals surface area contributed by atoms with Crippen LogP contribution in [0.1, 0.15) is 45.1 Å². The maximum absolute atomic E-state index is 3.64. The number of unbranched alkanes of at least 4 members (excludes halogenated alkanes) is 1. The fourth-order valence-electron chi connectivity index (χ4n) is 1.81. The zero-order valence-electron chi connectivity index (χ0n) is 10.5. The number of rotatable bonds is 6. The topological polar surface area (TPSA) is 12.0 Å². The second-order valence-corrected chi connectivity index (χ2v) is 5.12. The minimum atomic E-state index is 0.595. The van der Waals surface area contributed by atoms with E-state index in [1.807, 2.05) is 0 Å². The molecule has 2 heteroatoms. The summed E-state index contributed by atoms with van der Waals surface area (Å²) < 4.78 is 1.20. The molecule has 1 nitrogen and oxygen atoms in total. The first-order valence-electron chi connectivity index (χ1n) is 6.20. The predicted molar refractivity (Wildman–Crippen MR) is 76.1 cm³/mol. The molecule has 16 heavy (non-hydrogen) atoms. The van der Waals surface area contributed by atoms with Gasteiger partial charge in [0.25, 0.3) is 0 Å². The monoisotopic (exact) mass is 283 g/mol. The van der Waals surface area contributed by atoms with Crippen LogP contribution in [0, 0.1) is 6.92 Å². The van der Waals surface area contributed by atoms with E-state index in [4.69, 9.17) is 0 Å². The second-order valence-electron chi connectivity index (χ2n) is 4.33. The summed E-state index contributed by atoms with van der Waals surface area (Å²) in [6.07, 6.45) is 5.01. The third kappa shape index (κ3) is 3.82. The van der Waals surface area contributed by atoms with Crippen LogP contribution in [0.15, 0.2) is 22.7 Å². The molecule has 90 valence electrons. The number of hydrogen-bond acceptors (Lipinski definition) is 1. The molecule has 0 aromatic heterocycles. The van der Waals surface area contributed by atoms with Gasteiger partial charge in [-0.05, 0) is 47.3 Å². The van der Waals surface area contributed by atoms with Gasteiger partial charge in [-0.15, -0.1) is 0 Å². The van der Waals surface area contributed by atoms with Crippen LogP contribution in [0.2, 0.25) is 0 Å². The van der Waals surface area contributed by atoms with Crippen LogP contribution in [0.25, 0.3) is 0 Å². The van der Waals surface area contributed by atoms with Gasteiger partial charge in [0.1, 0.15) is 0 Å². The Kier molecular flexibility index (Phi) is 5.89. The van der Waals surface area contributed by atoms with Crippen molar-refractivity contribution in [1.82, 2.24) is 0 Å². The summed E-state index contributed by atoms with van der Waals surface area (Å²) in [7, 11) is 0. The zero-order valence-corrected chi connectivity index (χ0v) is 12.1. The van der Waals surface area contributed by atoms with Gasteiger partial charge in [-0.3, -0.25) is 0 Å². The molecular weight excluding hydrogens is 262 g/mol. The first kappa shape index (κ1) is 13.6. The summed E-state index contributed by atoms with van der Waals surface area (Å²) in [5.74, 6) is 0. The normalized spacial score (nSPS) is 12.5. The molecule has 0 saturated heterocycles. The fraction of sp³-hybridized carbons (Fsp3) is 0.571. The molecule has 1 rings (SSSR count). The third-order valence-corrected chi connectivity index (χ3v) is 4.00. The Hall–Kier alpha value is -0.500. The first-order chi connectivity index (χ1) is 7.69. The zero-order chi connectivity index (χ0) is 12.0. The molecule has 0 bridgehead atoms. The van der Waals surface area contributed by atoms with E-state index in [0.29, 0.717) is 6.04 Å². The molecule has 0 fully saturated rings. The molecule has 0 spiro atoms. The number of anilines is 1. The van der Waals surface area contributed by atoms with E-state index in [1.165, 1.54) is 41.4 Å². The molecule has 0 heterocycles. The van der Waals surface area contributed by atoms with E-state index in [2.05, 4.69) is 60.2 Å². The third-order valence-electron chi connectivity index (χ3n) is 2.95. The van der Waals surface area contributed by atoms with Crippen molar-refractivity contribution < 1.29 is 0 Å². The number of hydrogen-bond donors (Lipinski definition) is 1. The Bertz CT molecular complexity index is 323. The lowest BCUT2D eigenvalue weighted by molar-refractivity contribution is 0.593. The lowest BCUT2D eigenvalue weighted by Gasteiger charge is -2.19. The average Bonchev–Trinajstić information content (AvgIpc) is 2.30. The summed E-state index contributed by atoms with van der Waals surface area (Å²) in [6, 6.07) is 6.97. The van der Waals surface area contributed by atoms with Gasteiger partial charge in [0, 0.05) is 16.2 Å². The van der Waals surface area contributed by atoms with Crippen molar-refractivity contribution in [1.29, 1.82) is 0 Å². The summed E-state index contributed by atoms with van der Waals surface area (Å²) >= 11 is 3.64. The van der Waals surface area contributed by atoms with Crippen molar-refractivity contribution in [2.75, 3.05) is 5.32 Å². The maximum atomic E-state index is 3.64. The van der Waals surface area contributed by atoms with Crippen LogP contribution in [0.3, 0.4) is 0 Å². The van der Waals surface area contributed by atoms with E-state index in [9.17, 15) is 0 Å². The average molecular weight is 284 g/mol. The van der Waals surface area contributed by atoms with Gasteiger partial charge in [0.15, 0.2) is 0 Å². The molecule has 0 aliphatic heterocycles. The van der Waals surface area contributed by atoms with Gasteiger partial charge in [-0.25, -0.2) is 0 Å². The minimum Gasteiger partial charge on any atom is -0.381 e.